The van der Waals surface area contributed by atoms with Crippen LogP contribution in [0.4, 0.5) is 31.5 Å². The molecule has 0 bridgehead atoms. The van der Waals surface area contributed by atoms with Gasteiger partial charge in [0.1, 0.15) is 5.01 Å². The van der Waals surface area contributed by atoms with E-state index >= 15 is 0 Å². The Morgan fingerprint density at radius 3 is 1.97 bits per heavy atom. The Balaban J connectivity index is 0.000000324. The van der Waals surface area contributed by atoms with Crippen LogP contribution in [0.5, 0.6) is 0 Å². The number of halogens is 6. The van der Waals surface area contributed by atoms with Crippen LogP contribution in [0.3, 0.4) is 0 Å². The highest BCUT2D eigenvalue weighted by Crippen LogP contribution is 2.40. The van der Waals surface area contributed by atoms with Gasteiger partial charge in [-0.1, -0.05) is 11.3 Å². The van der Waals surface area contributed by atoms with Gasteiger partial charge in [-0.3, -0.25) is 4.90 Å². The van der Waals surface area contributed by atoms with Crippen molar-refractivity contribution in [1.29, 1.82) is 0 Å². The third-order valence-electron chi connectivity index (χ3n) is 4.99. The van der Waals surface area contributed by atoms with E-state index in [4.69, 9.17) is 24.5 Å². The van der Waals surface area contributed by atoms with Crippen molar-refractivity contribution in [3.63, 3.8) is 0 Å². The summed E-state index contributed by atoms with van der Waals surface area (Å²) < 4.78 is 68.8. The summed E-state index contributed by atoms with van der Waals surface area (Å²) in [6.45, 7) is 6.25. The Morgan fingerprint density at radius 2 is 1.61 bits per heavy atom. The van der Waals surface area contributed by atoms with Crippen LogP contribution in [0.1, 0.15) is 17.8 Å². The summed E-state index contributed by atoms with van der Waals surface area (Å²) in [5.41, 5.74) is 0.334. The zero-order valence-electron chi connectivity index (χ0n) is 17.9. The fraction of sp³-hybridized carbons (Fsp3) is 0.765. The summed E-state index contributed by atoms with van der Waals surface area (Å²) in [5.74, 6) is -4.81. The number of hydrogen-bond acceptors (Lipinski definition) is 8. The monoisotopic (exact) mass is 510 g/mol. The van der Waals surface area contributed by atoms with Crippen molar-refractivity contribution in [2.75, 3.05) is 45.3 Å². The number of rotatable bonds is 3. The number of nitrogens with zero attached hydrogens (tertiary/aromatic N) is 4. The first kappa shape index (κ1) is 28.8. The number of carbonyl (C=O) groups is 2. The Morgan fingerprint density at radius 1 is 1.12 bits per heavy atom. The maximum Gasteiger partial charge on any atom is 0.490 e. The summed E-state index contributed by atoms with van der Waals surface area (Å²) in [7, 11) is 4.06. The molecular weight excluding hydrogens is 486 g/mol. The number of aryl methyl sites for hydroxylation is 1. The van der Waals surface area contributed by atoms with Gasteiger partial charge in [-0.25, -0.2) is 9.59 Å². The Hall–Kier alpha value is -2.20. The molecule has 2 saturated heterocycles. The minimum absolute atomic E-state index is 0.334. The fourth-order valence-corrected chi connectivity index (χ4v) is 4.06. The van der Waals surface area contributed by atoms with Gasteiger partial charge < -0.3 is 19.8 Å². The fourth-order valence-electron chi connectivity index (χ4n) is 3.37. The number of likely N-dealkylation sites (N-methyl/N-ethyl adjacent to an activating group) is 1. The molecule has 1 aromatic rings. The second-order valence-corrected chi connectivity index (χ2v) is 8.69. The molecule has 190 valence electrons. The average molecular weight is 510 g/mol. The molecule has 1 spiro atoms. The summed E-state index contributed by atoms with van der Waals surface area (Å²) in [5, 5.41) is 24.7. The molecule has 0 amide bonds. The second kappa shape index (κ2) is 11.3. The smallest absolute Gasteiger partial charge is 0.475 e. The van der Waals surface area contributed by atoms with E-state index in [1.165, 1.54) is 19.4 Å². The molecule has 1 unspecified atom stereocenters. The van der Waals surface area contributed by atoms with Crippen LogP contribution in [-0.4, -0.2) is 95.5 Å². The minimum Gasteiger partial charge on any atom is -0.475 e. The molecule has 0 aromatic carbocycles. The zero-order chi connectivity index (χ0) is 25.6. The molecule has 1 aromatic heterocycles. The van der Waals surface area contributed by atoms with E-state index in [1.54, 1.807) is 11.3 Å². The lowest BCUT2D eigenvalue weighted by Gasteiger charge is -2.58. The standard InChI is InChI=1S/C13H22N4OS.2C2HF3O2/c1-10-14-15-12(19-10)17-8-13(9-17)6-11(7-18-3)4-5-16(13)2;2*3-2(4,5)1(6)7/h11H,4-9H2,1-3H3;2*(H,6,7). The topological polar surface area (TPSA) is 116 Å². The number of carboxylic acid groups (broad SMARTS) is 2. The Labute approximate surface area is 188 Å². The van der Waals surface area contributed by atoms with Gasteiger partial charge >= 0.3 is 24.3 Å². The van der Waals surface area contributed by atoms with Crippen molar-refractivity contribution in [3.8, 4) is 0 Å². The van der Waals surface area contributed by atoms with E-state index in [1.807, 2.05) is 14.0 Å². The first-order valence-corrected chi connectivity index (χ1v) is 10.2. The third kappa shape index (κ3) is 8.58. The third-order valence-corrected chi connectivity index (χ3v) is 5.89. The van der Waals surface area contributed by atoms with Crippen LogP contribution in [0.15, 0.2) is 0 Å². The van der Waals surface area contributed by atoms with Crippen molar-refractivity contribution in [3.05, 3.63) is 5.01 Å². The van der Waals surface area contributed by atoms with E-state index in [-0.39, 0.29) is 0 Å². The largest absolute Gasteiger partial charge is 0.490 e. The van der Waals surface area contributed by atoms with Crippen LogP contribution in [0.2, 0.25) is 0 Å². The lowest BCUT2D eigenvalue weighted by atomic mass is 9.75. The normalized spacial score (nSPS) is 20.2. The average Bonchev–Trinajstić information content (AvgIpc) is 3.07. The minimum atomic E-state index is -5.08. The number of methoxy groups -OCH3 is 1. The van der Waals surface area contributed by atoms with Gasteiger partial charge in [0.05, 0.1) is 5.54 Å². The van der Waals surface area contributed by atoms with Crippen molar-refractivity contribution >= 4 is 28.4 Å². The Kier molecular flexibility index (Phi) is 9.86. The maximum atomic E-state index is 10.6. The predicted molar refractivity (Wildman–Crippen MR) is 104 cm³/mol. The highest BCUT2D eigenvalue weighted by Gasteiger charge is 2.50. The zero-order valence-corrected chi connectivity index (χ0v) is 18.7. The molecule has 3 heterocycles. The van der Waals surface area contributed by atoms with Crippen LogP contribution in [0.25, 0.3) is 0 Å². The number of anilines is 1. The molecule has 1 atom stereocenters. The molecule has 2 aliphatic rings. The van der Waals surface area contributed by atoms with Gasteiger partial charge in [-0.15, -0.1) is 10.2 Å². The molecule has 0 aliphatic carbocycles. The van der Waals surface area contributed by atoms with Gasteiger partial charge in [-0.05, 0) is 39.3 Å². The van der Waals surface area contributed by atoms with Crippen LogP contribution in [-0.2, 0) is 14.3 Å². The summed E-state index contributed by atoms with van der Waals surface area (Å²) in [4.78, 5) is 22.7. The van der Waals surface area contributed by atoms with Crippen molar-refractivity contribution in [2.24, 2.45) is 5.92 Å². The van der Waals surface area contributed by atoms with Crippen LogP contribution < -0.4 is 4.90 Å². The molecule has 2 fully saturated rings. The quantitative estimate of drug-likeness (QED) is 0.592. The molecule has 3 rings (SSSR count). The summed E-state index contributed by atoms with van der Waals surface area (Å²) in [6, 6.07) is 0. The highest BCUT2D eigenvalue weighted by molar-refractivity contribution is 7.15. The van der Waals surface area contributed by atoms with Crippen molar-refractivity contribution < 1.29 is 50.9 Å². The van der Waals surface area contributed by atoms with Crippen LogP contribution >= 0.6 is 11.3 Å². The van der Waals surface area contributed by atoms with E-state index in [9.17, 15) is 26.3 Å². The number of aliphatic carboxylic acids is 2. The second-order valence-electron chi connectivity index (χ2n) is 7.53. The Bertz CT molecular complexity index is 774. The van der Waals surface area contributed by atoms with E-state index in [0.717, 1.165) is 29.8 Å². The first-order chi connectivity index (χ1) is 15.0. The van der Waals surface area contributed by atoms with Gasteiger partial charge in [0.2, 0.25) is 5.13 Å². The summed E-state index contributed by atoms with van der Waals surface area (Å²) in [6.07, 6.45) is -7.67. The van der Waals surface area contributed by atoms with Crippen molar-refractivity contribution in [2.45, 2.75) is 37.7 Å². The number of piperidine rings is 1. The molecule has 0 radical (unpaired) electrons. The molecule has 16 heteroatoms. The number of alkyl halides is 6. The molecule has 33 heavy (non-hydrogen) atoms. The number of carboxylic acids is 2. The molecule has 0 saturated carbocycles. The lowest BCUT2D eigenvalue weighted by Crippen LogP contribution is -2.72. The number of ether oxygens (including phenoxy) is 1. The van der Waals surface area contributed by atoms with E-state index < -0.39 is 24.3 Å². The van der Waals surface area contributed by atoms with E-state index in [2.05, 4.69) is 27.0 Å². The molecule has 2 aliphatic heterocycles. The SMILES string of the molecule is COCC1CCN(C)C2(C1)CN(c1nnc(C)s1)C2.O=C(O)C(F)(F)F.O=C(O)C(F)(F)F. The lowest BCUT2D eigenvalue weighted by molar-refractivity contribution is -0.193. The molecule has 2 N–H and O–H groups in total. The number of aromatic nitrogens is 2. The van der Waals surface area contributed by atoms with Gasteiger partial charge in [0, 0.05) is 26.8 Å². The number of likely N-dealkylation sites (tertiary alicyclic amines) is 1. The van der Waals surface area contributed by atoms with E-state index in [0.29, 0.717) is 11.5 Å². The first-order valence-electron chi connectivity index (χ1n) is 9.37. The van der Waals surface area contributed by atoms with Crippen LogP contribution in [0, 0.1) is 12.8 Å². The maximum absolute atomic E-state index is 10.6. The summed E-state index contributed by atoms with van der Waals surface area (Å²) >= 11 is 1.69. The predicted octanol–water partition coefficient (Wildman–Crippen LogP) is 2.66. The van der Waals surface area contributed by atoms with Gasteiger partial charge in [-0.2, -0.15) is 26.3 Å². The molecule has 9 nitrogen and oxygen atoms in total. The van der Waals surface area contributed by atoms with Crippen molar-refractivity contribution in [1.82, 2.24) is 15.1 Å². The van der Waals surface area contributed by atoms with Gasteiger partial charge in [0.15, 0.2) is 0 Å². The molecular formula is C17H24F6N4O5S. The highest BCUT2D eigenvalue weighted by atomic mass is 32.1. The van der Waals surface area contributed by atoms with Gasteiger partial charge in [0.25, 0.3) is 0 Å². The number of hydrogen-bond donors (Lipinski definition) is 2.